The third-order valence-corrected chi connectivity index (χ3v) is 5.63. The molecule has 3 amide bonds. The summed E-state index contributed by atoms with van der Waals surface area (Å²) in [5, 5.41) is 2.81. The lowest BCUT2D eigenvalue weighted by atomic mass is 9.93. The van der Waals surface area contributed by atoms with Crippen LogP contribution in [0.2, 0.25) is 0 Å². The Hall–Kier alpha value is -1.28. The second-order valence-corrected chi connectivity index (χ2v) is 8.74. The van der Waals surface area contributed by atoms with E-state index < -0.39 is 11.5 Å². The van der Waals surface area contributed by atoms with Crippen molar-refractivity contribution in [1.29, 1.82) is 0 Å². The van der Waals surface area contributed by atoms with Crippen molar-refractivity contribution in [3.63, 3.8) is 0 Å². The van der Waals surface area contributed by atoms with Gasteiger partial charge in [-0.25, -0.2) is 0 Å². The average molecular weight is 371 g/mol. The summed E-state index contributed by atoms with van der Waals surface area (Å²) in [6.45, 7) is 7.56. The predicted octanol–water partition coefficient (Wildman–Crippen LogP) is 0.248. The van der Waals surface area contributed by atoms with Gasteiger partial charge in [0, 0.05) is 37.3 Å². The van der Waals surface area contributed by atoms with Crippen LogP contribution < -0.4 is 11.1 Å². The van der Waals surface area contributed by atoms with E-state index in [0.717, 1.165) is 12.8 Å². The molecule has 0 aromatic carbocycles. The first-order valence-corrected chi connectivity index (χ1v) is 10.1. The Labute approximate surface area is 154 Å². The minimum absolute atomic E-state index is 0.00472. The Balaban J connectivity index is 2.01. The number of rotatable bonds is 4. The van der Waals surface area contributed by atoms with Crippen LogP contribution >= 0.6 is 11.8 Å². The van der Waals surface area contributed by atoms with Crippen molar-refractivity contribution in [2.75, 3.05) is 37.8 Å². The monoisotopic (exact) mass is 370 g/mol. The zero-order valence-electron chi connectivity index (χ0n) is 15.4. The number of carbonyl (C=O) groups is 3. The van der Waals surface area contributed by atoms with Crippen LogP contribution in [0.4, 0.5) is 0 Å². The standard InChI is InChI=1S/C17H30N4O3S/c1-17(2,3)16(24)21-11-25-10-13(21)15(23)20-8-4-5-12(9-20)14(22)19-7-6-18/h12-13H,4-11,18H2,1-3H3,(H,19,22). The van der Waals surface area contributed by atoms with Crippen molar-refractivity contribution in [2.24, 2.45) is 17.1 Å². The number of thioether (sulfide) groups is 1. The molecule has 2 atom stereocenters. The Morgan fingerprint density at radius 3 is 2.64 bits per heavy atom. The molecular weight excluding hydrogens is 340 g/mol. The van der Waals surface area contributed by atoms with E-state index >= 15 is 0 Å². The van der Waals surface area contributed by atoms with Crippen molar-refractivity contribution < 1.29 is 14.4 Å². The molecule has 0 aromatic rings. The molecule has 2 unspecified atom stereocenters. The summed E-state index contributed by atoms with van der Waals surface area (Å²) in [5.74, 6) is 0.933. The molecule has 2 aliphatic rings. The fourth-order valence-electron chi connectivity index (χ4n) is 3.22. The van der Waals surface area contributed by atoms with Gasteiger partial charge in [-0.1, -0.05) is 20.8 Å². The number of likely N-dealkylation sites (tertiary alicyclic amines) is 1. The van der Waals surface area contributed by atoms with Crippen LogP contribution in [0, 0.1) is 11.3 Å². The maximum Gasteiger partial charge on any atom is 0.246 e. The van der Waals surface area contributed by atoms with Crippen LogP contribution in [0.15, 0.2) is 0 Å². The highest BCUT2D eigenvalue weighted by atomic mass is 32.2. The molecular formula is C17H30N4O3S. The second kappa shape index (κ2) is 8.40. The minimum Gasteiger partial charge on any atom is -0.355 e. The highest BCUT2D eigenvalue weighted by Crippen LogP contribution is 2.29. The molecule has 142 valence electrons. The predicted molar refractivity (Wildman–Crippen MR) is 98.8 cm³/mol. The lowest BCUT2D eigenvalue weighted by molar-refractivity contribution is -0.149. The Morgan fingerprint density at radius 1 is 1.28 bits per heavy atom. The van der Waals surface area contributed by atoms with Gasteiger partial charge in [0.15, 0.2) is 0 Å². The zero-order chi connectivity index (χ0) is 18.6. The van der Waals surface area contributed by atoms with Crippen molar-refractivity contribution in [1.82, 2.24) is 15.1 Å². The lowest BCUT2D eigenvalue weighted by Crippen LogP contribution is -2.54. The quantitative estimate of drug-likeness (QED) is 0.739. The molecule has 0 spiro atoms. The smallest absolute Gasteiger partial charge is 0.246 e. The molecule has 2 fully saturated rings. The van der Waals surface area contributed by atoms with E-state index in [-0.39, 0.29) is 23.6 Å². The van der Waals surface area contributed by atoms with Gasteiger partial charge in [-0.15, -0.1) is 11.8 Å². The molecule has 0 radical (unpaired) electrons. The van der Waals surface area contributed by atoms with E-state index in [0.29, 0.717) is 37.8 Å². The lowest BCUT2D eigenvalue weighted by Gasteiger charge is -2.36. The summed E-state index contributed by atoms with van der Waals surface area (Å²) in [5.41, 5.74) is 4.92. The summed E-state index contributed by atoms with van der Waals surface area (Å²) in [6, 6.07) is -0.414. The Kier molecular flexibility index (Phi) is 6.73. The number of nitrogens with one attached hydrogen (secondary N) is 1. The normalized spacial score (nSPS) is 24.3. The number of amides is 3. The second-order valence-electron chi connectivity index (χ2n) is 7.74. The number of hydrogen-bond acceptors (Lipinski definition) is 5. The Bertz CT molecular complexity index is 521. The molecule has 0 aromatic heterocycles. The summed E-state index contributed by atoms with van der Waals surface area (Å²) < 4.78 is 0. The summed E-state index contributed by atoms with van der Waals surface area (Å²) in [4.78, 5) is 41.2. The average Bonchev–Trinajstić information content (AvgIpc) is 3.06. The molecule has 2 heterocycles. The van der Waals surface area contributed by atoms with E-state index in [1.54, 1.807) is 21.6 Å². The molecule has 25 heavy (non-hydrogen) atoms. The van der Waals surface area contributed by atoms with Gasteiger partial charge >= 0.3 is 0 Å². The number of nitrogens with two attached hydrogens (primary N) is 1. The van der Waals surface area contributed by atoms with Crippen molar-refractivity contribution in [3.05, 3.63) is 0 Å². The van der Waals surface area contributed by atoms with Crippen molar-refractivity contribution in [3.8, 4) is 0 Å². The first kappa shape index (κ1) is 20.0. The van der Waals surface area contributed by atoms with Crippen LogP contribution in [-0.4, -0.2) is 71.4 Å². The minimum atomic E-state index is -0.504. The van der Waals surface area contributed by atoms with Gasteiger partial charge in [0.05, 0.1) is 11.8 Å². The van der Waals surface area contributed by atoms with Gasteiger partial charge < -0.3 is 20.9 Å². The molecule has 2 aliphatic heterocycles. The molecule has 8 heteroatoms. The van der Waals surface area contributed by atoms with Gasteiger partial charge in [0.2, 0.25) is 17.7 Å². The zero-order valence-corrected chi connectivity index (χ0v) is 16.2. The van der Waals surface area contributed by atoms with E-state index in [4.69, 9.17) is 5.73 Å². The van der Waals surface area contributed by atoms with Crippen LogP contribution in [0.3, 0.4) is 0 Å². The van der Waals surface area contributed by atoms with E-state index in [1.807, 2.05) is 20.8 Å². The van der Waals surface area contributed by atoms with Gasteiger partial charge in [-0.05, 0) is 12.8 Å². The molecule has 3 N–H and O–H groups in total. The summed E-state index contributed by atoms with van der Waals surface area (Å²) >= 11 is 1.61. The molecule has 2 rings (SSSR count). The van der Waals surface area contributed by atoms with Crippen molar-refractivity contribution >= 4 is 29.5 Å². The third-order valence-electron chi connectivity index (χ3n) is 4.62. The molecule has 2 saturated heterocycles. The number of piperidine rings is 1. The molecule has 0 bridgehead atoms. The number of carbonyl (C=O) groups excluding carboxylic acids is 3. The largest absolute Gasteiger partial charge is 0.355 e. The SMILES string of the molecule is CC(C)(C)C(=O)N1CSCC1C(=O)N1CCCC(C(=O)NCCN)C1. The first-order chi connectivity index (χ1) is 11.8. The Morgan fingerprint density at radius 2 is 2.00 bits per heavy atom. The number of hydrogen-bond donors (Lipinski definition) is 2. The molecule has 7 nitrogen and oxygen atoms in total. The summed E-state index contributed by atoms with van der Waals surface area (Å²) in [7, 11) is 0. The maximum atomic E-state index is 13.0. The fraction of sp³-hybridized carbons (Fsp3) is 0.824. The molecule has 0 saturated carbocycles. The van der Waals surface area contributed by atoms with Crippen LogP contribution in [0.25, 0.3) is 0 Å². The third kappa shape index (κ3) is 4.88. The fourth-order valence-corrected chi connectivity index (χ4v) is 4.37. The number of nitrogens with zero attached hydrogens (tertiary/aromatic N) is 2. The van der Waals surface area contributed by atoms with Gasteiger partial charge in [-0.3, -0.25) is 14.4 Å². The van der Waals surface area contributed by atoms with E-state index in [1.165, 1.54) is 0 Å². The topological polar surface area (TPSA) is 95.7 Å². The highest BCUT2D eigenvalue weighted by molar-refractivity contribution is 7.99. The van der Waals surface area contributed by atoms with Crippen molar-refractivity contribution in [2.45, 2.75) is 39.7 Å². The first-order valence-electron chi connectivity index (χ1n) is 8.91. The van der Waals surface area contributed by atoms with Gasteiger partial charge in [0.25, 0.3) is 0 Å². The highest BCUT2D eigenvalue weighted by Gasteiger charge is 2.41. The van der Waals surface area contributed by atoms with Crippen LogP contribution in [0.1, 0.15) is 33.6 Å². The summed E-state index contributed by atoms with van der Waals surface area (Å²) in [6.07, 6.45) is 1.59. The van der Waals surface area contributed by atoms with Crippen LogP contribution in [0.5, 0.6) is 0 Å². The van der Waals surface area contributed by atoms with Gasteiger partial charge in [-0.2, -0.15) is 0 Å². The van der Waals surface area contributed by atoms with Gasteiger partial charge in [0.1, 0.15) is 6.04 Å². The molecule has 0 aliphatic carbocycles. The van der Waals surface area contributed by atoms with E-state index in [9.17, 15) is 14.4 Å². The van der Waals surface area contributed by atoms with Crippen LogP contribution in [-0.2, 0) is 14.4 Å². The van der Waals surface area contributed by atoms with E-state index in [2.05, 4.69) is 5.32 Å². The maximum absolute atomic E-state index is 13.0.